The molecule has 0 N–H and O–H groups in total. The van der Waals surface area contributed by atoms with Crippen LogP contribution in [0.1, 0.15) is 60.3 Å². The molecule has 0 aromatic rings. The molecule has 1 rings (SSSR count). The summed E-state index contributed by atoms with van der Waals surface area (Å²) in [6.07, 6.45) is 7.53. The Morgan fingerprint density at radius 2 is 2.15 bits per heavy atom. The minimum absolute atomic E-state index is 0.235. The monoisotopic (exact) mass is 276 g/mol. The van der Waals surface area contributed by atoms with Gasteiger partial charge in [-0.15, -0.1) is 0 Å². The smallest absolute Gasteiger partial charge is 0.331 e. The molecule has 0 aromatic heterocycles. The van der Waals surface area contributed by atoms with E-state index in [1.165, 1.54) is 24.0 Å². The number of hydrogen-bond acceptors (Lipinski definition) is 2. The fraction of sp³-hybridized carbons (Fsp3) is 0.611. The lowest BCUT2D eigenvalue weighted by atomic mass is 9.72. The standard InChI is InChI=1S/C18H28O2/c1-7-14(3)20-17(19)12-13(2)11-16-9-8-10-18(5,6)15(16)4/h7,12,14H,1,8-11H2,2-6H3/b13-12+. The molecule has 0 spiro atoms. The Hall–Kier alpha value is -1.31. The fourth-order valence-corrected chi connectivity index (χ4v) is 2.67. The van der Waals surface area contributed by atoms with Crippen LogP contribution in [0.25, 0.3) is 0 Å². The molecule has 1 aliphatic rings. The van der Waals surface area contributed by atoms with Crippen LogP contribution < -0.4 is 0 Å². The average molecular weight is 276 g/mol. The van der Waals surface area contributed by atoms with Gasteiger partial charge in [-0.1, -0.05) is 43.2 Å². The van der Waals surface area contributed by atoms with Gasteiger partial charge in [0.15, 0.2) is 0 Å². The van der Waals surface area contributed by atoms with Crippen LogP contribution in [0.3, 0.4) is 0 Å². The third kappa shape index (κ3) is 4.66. The molecule has 2 nitrogen and oxygen atoms in total. The van der Waals surface area contributed by atoms with Gasteiger partial charge in [0.1, 0.15) is 6.10 Å². The molecule has 20 heavy (non-hydrogen) atoms. The summed E-state index contributed by atoms with van der Waals surface area (Å²) in [7, 11) is 0. The Kier molecular flexibility index (Phi) is 5.79. The molecule has 0 radical (unpaired) electrons. The minimum atomic E-state index is -0.275. The number of rotatable bonds is 5. The number of ether oxygens (including phenoxy) is 1. The van der Waals surface area contributed by atoms with E-state index >= 15 is 0 Å². The first-order valence-corrected chi connectivity index (χ1v) is 7.45. The Balaban J connectivity index is 2.72. The Bertz CT molecular complexity index is 438. The summed E-state index contributed by atoms with van der Waals surface area (Å²) in [4.78, 5) is 11.7. The van der Waals surface area contributed by atoms with E-state index in [-0.39, 0.29) is 12.1 Å². The predicted octanol–water partition coefficient (Wildman–Crippen LogP) is 4.97. The van der Waals surface area contributed by atoms with Crippen molar-refractivity contribution in [1.82, 2.24) is 0 Å². The SMILES string of the molecule is C=CC(C)OC(=O)/C=C(\C)CC1=C(C)C(C)(C)CCC1. The zero-order valence-corrected chi connectivity index (χ0v) is 13.6. The Labute approximate surface area is 123 Å². The van der Waals surface area contributed by atoms with Gasteiger partial charge in [0.05, 0.1) is 0 Å². The Morgan fingerprint density at radius 1 is 1.50 bits per heavy atom. The normalized spacial score (nSPS) is 20.6. The number of allylic oxidation sites excluding steroid dienone is 3. The maximum Gasteiger partial charge on any atom is 0.331 e. The van der Waals surface area contributed by atoms with E-state index < -0.39 is 0 Å². The van der Waals surface area contributed by atoms with Crippen molar-refractivity contribution in [3.8, 4) is 0 Å². The zero-order valence-electron chi connectivity index (χ0n) is 13.6. The number of hydrogen-bond donors (Lipinski definition) is 0. The van der Waals surface area contributed by atoms with Gasteiger partial charge in [0, 0.05) is 6.08 Å². The summed E-state index contributed by atoms with van der Waals surface area (Å²) in [6.45, 7) is 14.3. The molecule has 0 bridgehead atoms. The molecule has 0 amide bonds. The van der Waals surface area contributed by atoms with Crippen LogP contribution in [-0.2, 0) is 9.53 Å². The van der Waals surface area contributed by atoms with Gasteiger partial charge < -0.3 is 4.74 Å². The highest BCUT2D eigenvalue weighted by molar-refractivity contribution is 5.83. The highest BCUT2D eigenvalue weighted by atomic mass is 16.5. The third-order valence-corrected chi connectivity index (χ3v) is 4.32. The second kappa shape index (κ2) is 6.92. The van der Waals surface area contributed by atoms with Crippen molar-refractivity contribution in [2.75, 3.05) is 0 Å². The summed E-state index contributed by atoms with van der Waals surface area (Å²) in [5, 5.41) is 0. The van der Waals surface area contributed by atoms with E-state index in [9.17, 15) is 4.79 Å². The van der Waals surface area contributed by atoms with Crippen LogP contribution in [0, 0.1) is 5.41 Å². The first-order valence-electron chi connectivity index (χ1n) is 7.45. The molecular weight excluding hydrogens is 248 g/mol. The van der Waals surface area contributed by atoms with Crippen molar-refractivity contribution in [2.45, 2.75) is 66.4 Å². The molecule has 1 unspecified atom stereocenters. The van der Waals surface area contributed by atoms with Gasteiger partial charge in [-0.2, -0.15) is 0 Å². The molecule has 0 saturated heterocycles. The van der Waals surface area contributed by atoms with Gasteiger partial charge in [-0.25, -0.2) is 4.79 Å². The summed E-state index contributed by atoms with van der Waals surface area (Å²) in [5.74, 6) is -0.275. The second-order valence-electron chi connectivity index (χ2n) is 6.51. The minimum Gasteiger partial charge on any atom is -0.455 e. The van der Waals surface area contributed by atoms with Gasteiger partial charge in [0.25, 0.3) is 0 Å². The maximum absolute atomic E-state index is 11.7. The molecular formula is C18H28O2. The average Bonchev–Trinajstić information content (AvgIpc) is 2.34. The van der Waals surface area contributed by atoms with Gasteiger partial charge in [0.2, 0.25) is 0 Å². The molecule has 0 fully saturated rings. The molecule has 0 aromatic carbocycles. The van der Waals surface area contributed by atoms with Gasteiger partial charge in [-0.05, 0) is 51.9 Å². The van der Waals surface area contributed by atoms with Crippen molar-refractivity contribution >= 4 is 5.97 Å². The number of carbonyl (C=O) groups excluding carboxylic acids is 1. The molecule has 2 heteroatoms. The van der Waals surface area contributed by atoms with Crippen LogP contribution in [-0.4, -0.2) is 12.1 Å². The van der Waals surface area contributed by atoms with Crippen molar-refractivity contribution in [2.24, 2.45) is 5.41 Å². The van der Waals surface area contributed by atoms with E-state index in [4.69, 9.17) is 4.74 Å². The van der Waals surface area contributed by atoms with E-state index in [2.05, 4.69) is 27.4 Å². The van der Waals surface area contributed by atoms with Crippen molar-refractivity contribution in [3.63, 3.8) is 0 Å². The van der Waals surface area contributed by atoms with Gasteiger partial charge in [-0.3, -0.25) is 0 Å². The predicted molar refractivity (Wildman–Crippen MR) is 84.5 cm³/mol. The molecule has 0 aliphatic heterocycles. The first-order chi connectivity index (χ1) is 9.26. The van der Waals surface area contributed by atoms with Gasteiger partial charge >= 0.3 is 5.97 Å². The number of esters is 1. The summed E-state index contributed by atoms with van der Waals surface area (Å²) in [6, 6.07) is 0. The first kappa shape index (κ1) is 16.7. The van der Waals surface area contributed by atoms with Crippen LogP contribution in [0.5, 0.6) is 0 Å². The molecule has 112 valence electrons. The summed E-state index contributed by atoms with van der Waals surface area (Å²) >= 11 is 0. The molecule has 1 aliphatic carbocycles. The lowest BCUT2D eigenvalue weighted by molar-refractivity contribution is -0.140. The van der Waals surface area contributed by atoms with Crippen LogP contribution >= 0.6 is 0 Å². The summed E-state index contributed by atoms with van der Waals surface area (Å²) in [5.41, 5.74) is 4.34. The Morgan fingerprint density at radius 3 is 2.75 bits per heavy atom. The van der Waals surface area contributed by atoms with Crippen molar-refractivity contribution < 1.29 is 9.53 Å². The van der Waals surface area contributed by atoms with Crippen molar-refractivity contribution in [3.05, 3.63) is 35.5 Å². The third-order valence-electron chi connectivity index (χ3n) is 4.32. The quantitative estimate of drug-likeness (QED) is 0.403. The second-order valence-corrected chi connectivity index (χ2v) is 6.51. The largest absolute Gasteiger partial charge is 0.455 e. The highest BCUT2D eigenvalue weighted by Gasteiger charge is 2.26. The molecule has 0 heterocycles. The lowest BCUT2D eigenvalue weighted by Crippen LogP contribution is -2.19. The van der Waals surface area contributed by atoms with E-state index in [1.54, 1.807) is 12.2 Å². The van der Waals surface area contributed by atoms with Crippen molar-refractivity contribution in [1.29, 1.82) is 0 Å². The lowest BCUT2D eigenvalue weighted by Gasteiger charge is -2.33. The molecule has 1 atom stereocenters. The fourth-order valence-electron chi connectivity index (χ4n) is 2.67. The summed E-state index contributed by atoms with van der Waals surface area (Å²) < 4.78 is 5.18. The zero-order chi connectivity index (χ0) is 15.3. The maximum atomic E-state index is 11.7. The number of carbonyl (C=O) groups is 1. The van der Waals surface area contributed by atoms with Crippen LogP contribution in [0.2, 0.25) is 0 Å². The van der Waals surface area contributed by atoms with Crippen LogP contribution in [0.15, 0.2) is 35.5 Å². The van der Waals surface area contributed by atoms with E-state index in [0.29, 0.717) is 5.41 Å². The van der Waals surface area contributed by atoms with Crippen LogP contribution in [0.4, 0.5) is 0 Å². The van der Waals surface area contributed by atoms with E-state index in [1.807, 2.05) is 13.8 Å². The van der Waals surface area contributed by atoms with E-state index in [0.717, 1.165) is 18.4 Å². The topological polar surface area (TPSA) is 26.3 Å². The highest BCUT2D eigenvalue weighted by Crippen LogP contribution is 2.41. The molecule has 0 saturated carbocycles.